The van der Waals surface area contributed by atoms with E-state index in [2.05, 4.69) is 37.2 Å². The minimum atomic E-state index is -1.17. The van der Waals surface area contributed by atoms with Gasteiger partial charge in [-0.3, -0.25) is 48.3 Å². The summed E-state index contributed by atoms with van der Waals surface area (Å²) in [6, 6.07) is 5.76. The Morgan fingerprint density at radius 2 is 0.582 bits per heavy atom. The fraction of sp³-hybridized carbons (Fsp3) is 0.735. The fourth-order valence-electron chi connectivity index (χ4n) is 7.20. The lowest BCUT2D eigenvalue weighted by molar-refractivity contribution is -0.123. The van der Waals surface area contributed by atoms with E-state index in [0.717, 1.165) is 0 Å². The van der Waals surface area contributed by atoms with Gasteiger partial charge in [-0.1, -0.05) is 0 Å². The number of benzene rings is 1. The van der Waals surface area contributed by atoms with E-state index in [1.54, 1.807) is 38.8 Å². The highest BCUT2D eigenvalue weighted by molar-refractivity contribution is 5.79. The van der Waals surface area contributed by atoms with Gasteiger partial charge in [-0.25, -0.2) is 4.39 Å². The van der Waals surface area contributed by atoms with Crippen LogP contribution in [0, 0.1) is 5.82 Å². The summed E-state index contributed by atoms with van der Waals surface area (Å²) in [7, 11) is 1.74. The summed E-state index contributed by atoms with van der Waals surface area (Å²) >= 11 is 0. The second-order valence-corrected chi connectivity index (χ2v) is 19.2. The molecule has 0 aromatic heterocycles. The Hall–Kier alpha value is -5.32. The summed E-state index contributed by atoms with van der Waals surface area (Å²) in [6.45, 7) is -0.684. The Balaban J connectivity index is 3.00. The number of nitrogens with zero attached hydrogens (tertiary/aromatic N) is 4. The number of amides is 7. The monoisotopic (exact) mass is 1130 g/mol. The molecule has 0 fully saturated rings. The molecule has 0 aliphatic rings. The SMILES string of the molecule is CN(CCC(=O)NCC(O)CN(CCC(=O)NCC(O)CN(CCC(=O)NCC(O)CN)CCC(=O)NCC(O)CN)CCC(=O)NCC(O)CN(CCC(=O)NCC(O)CN)CCC(=O)NCC(O)CN)c1ccc(F)cc1. The summed E-state index contributed by atoms with van der Waals surface area (Å²) in [6.07, 6.45) is -7.76. The van der Waals surface area contributed by atoms with E-state index in [9.17, 15) is 73.7 Å². The van der Waals surface area contributed by atoms with Crippen LogP contribution in [0.1, 0.15) is 44.9 Å². The van der Waals surface area contributed by atoms with Gasteiger partial charge in [0.1, 0.15) is 5.82 Å². The van der Waals surface area contributed by atoms with Crippen LogP contribution in [0.5, 0.6) is 0 Å². The van der Waals surface area contributed by atoms with Crippen LogP contribution in [-0.2, 0) is 33.6 Å². The van der Waals surface area contributed by atoms with Crippen molar-refractivity contribution >= 4 is 47.0 Å². The van der Waals surface area contributed by atoms with Gasteiger partial charge in [-0.2, -0.15) is 0 Å². The third kappa shape index (κ3) is 37.3. The first-order chi connectivity index (χ1) is 37.5. The molecular weight excluding hydrogens is 1040 g/mol. The third-order valence-corrected chi connectivity index (χ3v) is 12.1. The van der Waals surface area contributed by atoms with Crippen molar-refractivity contribution < 1.29 is 73.7 Å². The highest BCUT2D eigenvalue weighted by atomic mass is 19.1. The number of hydrogen-bond donors (Lipinski definition) is 18. The summed E-state index contributed by atoms with van der Waals surface area (Å²) in [5, 5.41) is 89.9. The predicted molar refractivity (Wildman–Crippen MR) is 291 cm³/mol. The minimum absolute atomic E-state index is 0.00579. The summed E-state index contributed by atoms with van der Waals surface area (Å²) in [5.74, 6) is -3.43. The number of hydrogen-bond acceptors (Lipinski definition) is 22. The van der Waals surface area contributed by atoms with Crippen LogP contribution >= 0.6 is 0 Å². The lowest BCUT2D eigenvalue weighted by Crippen LogP contribution is -2.45. The number of nitrogens with one attached hydrogen (secondary N) is 7. The first-order valence-corrected chi connectivity index (χ1v) is 26.6. The molecule has 7 unspecified atom stereocenters. The second-order valence-electron chi connectivity index (χ2n) is 19.2. The van der Waals surface area contributed by atoms with Crippen LogP contribution in [0.2, 0.25) is 0 Å². The number of aliphatic hydroxyl groups excluding tert-OH is 7. The van der Waals surface area contributed by atoms with Gasteiger partial charge >= 0.3 is 0 Å². The Bertz CT molecular complexity index is 1750. The molecule has 29 nitrogen and oxygen atoms in total. The van der Waals surface area contributed by atoms with Gasteiger partial charge in [0, 0.05) is 195 Å². The van der Waals surface area contributed by atoms with E-state index in [4.69, 9.17) is 22.9 Å². The van der Waals surface area contributed by atoms with Gasteiger partial charge in [0.25, 0.3) is 0 Å². The molecule has 0 saturated carbocycles. The molecule has 0 aliphatic carbocycles. The zero-order chi connectivity index (χ0) is 59.1. The van der Waals surface area contributed by atoms with Crippen LogP contribution in [0.3, 0.4) is 0 Å². The molecule has 0 heterocycles. The van der Waals surface area contributed by atoms with Crippen LogP contribution in [-0.4, -0.2) is 279 Å². The van der Waals surface area contributed by atoms with Gasteiger partial charge in [-0.15, -0.1) is 0 Å². The van der Waals surface area contributed by atoms with Crippen LogP contribution < -0.4 is 65.1 Å². The number of halogens is 1. The fourth-order valence-corrected chi connectivity index (χ4v) is 7.20. The maximum absolute atomic E-state index is 13.4. The molecule has 0 saturated heterocycles. The summed E-state index contributed by atoms with van der Waals surface area (Å²) < 4.78 is 13.4. The molecule has 7 amide bonds. The molecular formula is C49H92FN15O14. The Labute approximate surface area is 461 Å². The molecule has 79 heavy (non-hydrogen) atoms. The van der Waals surface area contributed by atoms with Gasteiger partial charge in [0.2, 0.25) is 41.4 Å². The van der Waals surface area contributed by atoms with Crippen molar-refractivity contribution in [3.05, 3.63) is 30.1 Å². The van der Waals surface area contributed by atoms with Gasteiger partial charge in [0.15, 0.2) is 0 Å². The number of rotatable bonds is 46. The van der Waals surface area contributed by atoms with Crippen molar-refractivity contribution in [2.45, 2.75) is 87.7 Å². The topological polar surface area (TPSA) is 462 Å². The zero-order valence-electron chi connectivity index (χ0n) is 45.6. The van der Waals surface area contributed by atoms with Crippen molar-refractivity contribution in [1.29, 1.82) is 0 Å². The largest absolute Gasteiger partial charge is 0.390 e. The first kappa shape index (κ1) is 71.7. The van der Waals surface area contributed by atoms with E-state index < -0.39 is 84.0 Å². The molecule has 22 N–H and O–H groups in total. The molecule has 1 aromatic rings. The average molecular weight is 1130 g/mol. The molecule has 0 aliphatic heterocycles. The van der Waals surface area contributed by atoms with Crippen molar-refractivity contribution in [1.82, 2.24) is 51.9 Å². The first-order valence-electron chi connectivity index (χ1n) is 26.6. The van der Waals surface area contributed by atoms with E-state index in [1.165, 1.54) is 12.1 Å². The molecule has 30 heteroatoms. The van der Waals surface area contributed by atoms with Gasteiger partial charge in [0.05, 0.1) is 42.7 Å². The van der Waals surface area contributed by atoms with Gasteiger partial charge in [-0.05, 0) is 24.3 Å². The molecule has 1 aromatic carbocycles. The quantitative estimate of drug-likeness (QED) is 0.0288. The van der Waals surface area contributed by atoms with Crippen molar-refractivity contribution in [2.24, 2.45) is 22.9 Å². The van der Waals surface area contributed by atoms with Crippen molar-refractivity contribution in [3.63, 3.8) is 0 Å². The lowest BCUT2D eigenvalue weighted by atomic mass is 10.2. The zero-order valence-corrected chi connectivity index (χ0v) is 45.6. The summed E-state index contributed by atoms with van der Waals surface area (Å²) in [4.78, 5) is 95.6. The summed E-state index contributed by atoms with van der Waals surface area (Å²) in [5.41, 5.74) is 22.3. The van der Waals surface area contributed by atoms with Crippen LogP contribution in [0.4, 0.5) is 10.1 Å². The highest BCUT2D eigenvalue weighted by Crippen LogP contribution is 2.13. The second kappa shape index (κ2) is 42.6. The van der Waals surface area contributed by atoms with E-state index >= 15 is 0 Å². The normalized spacial score (nSPS) is 14.1. The number of carbonyl (C=O) groups excluding carboxylic acids is 7. The number of carbonyl (C=O) groups is 7. The maximum atomic E-state index is 13.4. The number of anilines is 1. The lowest BCUT2D eigenvalue weighted by Gasteiger charge is -2.26. The minimum Gasteiger partial charge on any atom is -0.390 e. The smallest absolute Gasteiger partial charge is 0.221 e. The molecule has 0 radical (unpaired) electrons. The number of aliphatic hydroxyl groups is 7. The Kier molecular flexibility index (Phi) is 38.6. The predicted octanol–water partition coefficient (Wildman–Crippen LogP) is -8.93. The number of nitrogens with two attached hydrogens (primary N) is 4. The van der Waals surface area contributed by atoms with Gasteiger partial charge < -0.3 is 101 Å². The van der Waals surface area contributed by atoms with E-state index in [0.29, 0.717) is 5.69 Å². The van der Waals surface area contributed by atoms with Crippen LogP contribution in [0.15, 0.2) is 24.3 Å². The Morgan fingerprint density at radius 3 is 0.797 bits per heavy atom. The Morgan fingerprint density at radius 1 is 0.380 bits per heavy atom. The standard InChI is InChI=1S/C49H92FN15O14/c1-62(35-4-2-34(50)3-5-35)13-6-43(73)59-28-40(70)31-65(18-11-48(78)60-29-41(71)32-63(14-7-44(74)55-24-36(66)20-51)15-8-45(75)56-25-37(67)21-52)19-12-49(79)61-30-42(72)33-64(16-9-46(76)57-26-38(68)22-53)17-10-47(77)58-27-39(69)23-54/h2-5,36-42,66-72H,6-33,51-54H2,1H3,(H,55,74)(H,56,75)(H,57,76)(H,58,77)(H,59,73)(H,60,78)(H,61,79). The van der Waals surface area contributed by atoms with E-state index in [1.807, 2.05) is 0 Å². The van der Waals surface area contributed by atoms with Crippen molar-refractivity contribution in [2.75, 3.05) is 149 Å². The van der Waals surface area contributed by atoms with E-state index in [-0.39, 0.29) is 188 Å². The average Bonchev–Trinajstić information content (AvgIpc) is 3.44. The van der Waals surface area contributed by atoms with Crippen molar-refractivity contribution in [3.8, 4) is 0 Å². The molecule has 0 spiro atoms. The molecule has 0 bridgehead atoms. The maximum Gasteiger partial charge on any atom is 0.221 e. The third-order valence-electron chi connectivity index (χ3n) is 12.1. The highest BCUT2D eigenvalue weighted by Gasteiger charge is 2.21. The van der Waals surface area contributed by atoms with Crippen LogP contribution in [0.25, 0.3) is 0 Å². The molecule has 7 atom stereocenters. The molecule has 454 valence electrons. The molecule has 1 rings (SSSR count).